The predicted octanol–water partition coefficient (Wildman–Crippen LogP) is 8.53. The van der Waals surface area contributed by atoms with Gasteiger partial charge >= 0.3 is 5.97 Å². The molecular weight excluding hydrogens is 1770 g/mol. The van der Waals surface area contributed by atoms with E-state index in [0.29, 0.717) is 203 Å². The van der Waals surface area contributed by atoms with Gasteiger partial charge in [-0.1, -0.05) is 24.3 Å². The number of halogens is 4. The lowest BCUT2D eigenvalue weighted by atomic mass is 10.0. The molecule has 1 aromatic heterocycles. The molecule has 0 saturated carbocycles. The molecule has 8 aromatic carbocycles. The minimum atomic E-state index is -1.04. The summed E-state index contributed by atoms with van der Waals surface area (Å²) in [5.74, 6) is -8.42. The van der Waals surface area contributed by atoms with E-state index in [-0.39, 0.29) is 103 Å². The molecule has 718 valence electrons. The number of carboxylic acids is 1. The third-order valence-electron chi connectivity index (χ3n) is 25.1. The summed E-state index contributed by atoms with van der Waals surface area (Å²) in [5.41, 5.74) is 27.9. The number of aliphatic imine (C=N–C) groups is 1. The Hall–Kier alpha value is -14.5. The van der Waals surface area contributed by atoms with Crippen molar-refractivity contribution in [2.45, 2.75) is 114 Å². The number of benzene rings is 8. The van der Waals surface area contributed by atoms with Gasteiger partial charge in [-0.15, -0.1) is 0 Å². The summed E-state index contributed by atoms with van der Waals surface area (Å²) in [6, 6.07) is 36.7. The lowest BCUT2D eigenvalue weighted by Gasteiger charge is -2.36. The minimum absolute atomic E-state index is 0.0240. The van der Waals surface area contributed by atoms with Crippen molar-refractivity contribution in [1.82, 2.24) is 45.7 Å². The zero-order valence-corrected chi connectivity index (χ0v) is 75.3. The smallest absolute Gasteiger partial charge is 0.317 e. The minimum Gasteiger partial charge on any atom is -0.480 e. The molecule has 6 saturated heterocycles. The molecule has 35 nitrogen and oxygen atoms in total. The third-order valence-corrected chi connectivity index (χ3v) is 25.1. The number of unbranched alkanes of at least 4 members (excludes halogenated alkanes) is 2. The zero-order valence-electron chi connectivity index (χ0n) is 75.3. The Balaban J connectivity index is 0.000000175. The van der Waals surface area contributed by atoms with E-state index < -0.39 is 88.6 Å². The molecule has 0 spiro atoms. The molecule has 6 fully saturated rings. The first kappa shape index (κ1) is 97.0. The zero-order chi connectivity index (χ0) is 96.5. The number of nitrogens with zero attached hydrogens (tertiary/aromatic N) is 8. The van der Waals surface area contributed by atoms with Crippen LogP contribution in [-0.2, 0) is 51.1 Å². The monoisotopic (exact) mass is 1880 g/mol. The molecular formula is C98H108F4N20O15. The number of aliphatic carboxylic acids is 1. The predicted molar refractivity (Wildman–Crippen MR) is 505 cm³/mol. The van der Waals surface area contributed by atoms with Crippen LogP contribution in [0, 0.1) is 23.3 Å². The molecule has 0 bridgehead atoms. The van der Waals surface area contributed by atoms with Gasteiger partial charge in [0.25, 0.3) is 35.4 Å². The van der Waals surface area contributed by atoms with Crippen molar-refractivity contribution in [1.29, 1.82) is 0 Å². The summed E-state index contributed by atoms with van der Waals surface area (Å²) >= 11 is 0. The average molecular weight is 1880 g/mol. The fourth-order valence-corrected chi connectivity index (χ4v) is 18.0. The van der Waals surface area contributed by atoms with Crippen molar-refractivity contribution in [2.24, 2.45) is 16.5 Å². The molecule has 11 amide bonds. The van der Waals surface area contributed by atoms with E-state index >= 15 is 0 Å². The Morgan fingerprint density at radius 3 is 1.47 bits per heavy atom. The Bertz CT molecular complexity index is 6090. The number of aromatic amines is 1. The van der Waals surface area contributed by atoms with Crippen LogP contribution in [-0.4, -0.2) is 254 Å². The second-order valence-electron chi connectivity index (χ2n) is 34.7. The number of H-pyrrole nitrogens is 1. The van der Waals surface area contributed by atoms with Gasteiger partial charge in [-0.05, 0) is 215 Å². The Labute approximate surface area is 785 Å². The number of piperazine rings is 2. The normalized spacial score (nSPS) is 17.8. The highest BCUT2D eigenvalue weighted by Gasteiger charge is 2.48. The van der Waals surface area contributed by atoms with Crippen LogP contribution in [0.3, 0.4) is 0 Å². The van der Waals surface area contributed by atoms with E-state index in [9.17, 15) is 75.1 Å². The lowest BCUT2D eigenvalue weighted by molar-refractivity contribution is -0.139. The molecule has 8 aliphatic heterocycles. The third kappa shape index (κ3) is 24.2. The maximum absolute atomic E-state index is 13.9. The maximum atomic E-state index is 13.9. The van der Waals surface area contributed by atoms with E-state index in [2.05, 4.69) is 72.4 Å². The molecule has 137 heavy (non-hydrogen) atoms. The summed E-state index contributed by atoms with van der Waals surface area (Å²) in [6.07, 6.45) is 7.10. The molecule has 16 N–H and O–H groups in total. The quantitative estimate of drug-likeness (QED) is 0.00483. The van der Waals surface area contributed by atoms with Crippen LogP contribution < -0.4 is 69.5 Å². The van der Waals surface area contributed by atoms with Gasteiger partial charge in [0.1, 0.15) is 41.2 Å². The van der Waals surface area contributed by atoms with Crippen LogP contribution in [0.15, 0.2) is 151 Å². The van der Waals surface area contributed by atoms with Crippen LogP contribution in [0.5, 0.6) is 0 Å². The number of nitrogens with one attached hydrogen (secondary N) is 9. The highest BCUT2D eigenvalue weighted by molar-refractivity contribution is 6.27. The van der Waals surface area contributed by atoms with Crippen LogP contribution in [0.25, 0.3) is 10.9 Å². The number of nitrogens with two attached hydrogens (primary N) is 3. The summed E-state index contributed by atoms with van der Waals surface area (Å²) < 4.78 is 66.3. The van der Waals surface area contributed by atoms with Crippen molar-refractivity contribution in [3.63, 3.8) is 0 Å². The summed E-state index contributed by atoms with van der Waals surface area (Å²) in [7, 11) is 0. The molecule has 2 atom stereocenters. The Morgan fingerprint density at radius 2 is 0.971 bits per heavy atom. The number of rotatable bonds is 31. The fraction of sp³-hybridized carbons (Fsp3) is 0.367. The Kier molecular flexibility index (Phi) is 31.7. The number of carbonyl (C=O) groups is 12. The molecule has 17 rings (SSSR count). The molecule has 0 radical (unpaired) electrons. The number of imide groups is 4. The van der Waals surface area contributed by atoms with Crippen molar-refractivity contribution < 1.29 is 89.7 Å². The summed E-state index contributed by atoms with van der Waals surface area (Å²) in [5, 5.41) is 40.9. The highest BCUT2D eigenvalue weighted by atomic mass is 19.1. The standard InChI is InChI=1S/C49H54F2N10O7.C32H34F2N6O4.C17H20N4O4/c50-31-23-30(24-32(51)26-31)22-29-6-9-38(52)37(25-29)45(53)58-46(64)35-8-7-34(27-40(35)56-33-12-20-68-21-13-33)60-18-16-59(17-19-60)28-43(63)55-15-2-1-14-54-39-5-3-4-36-44(39)49(67)61(48(36)66)41-10-11-42(62)57-47(41)65;33-22-14-21(15-23(34)17-22)13-20-1-4-28-27(16-20)31(38-37-28)36-32(43)26-3-2-25(18-29(26)35-24-5-11-44-12-6-24)40-9-7-39(8-10-40)19-30(41)42;18-8-1-2-9-19-11-5-3-4-10-14(11)17(25)21(16(10)24)12-6-7-13(22)20-15(12)23/h3-9,23-27,33,41,54,56H,1-2,10-22,28,52H2,(H,55,63)(H2,53,58,64)(H,57,62,65);1-4,14-18,24,35H,5-13,19H2,(H,41,42)(H2,36,37,38,43);3-5,12,19H,1-2,6-9,18H2,(H,20,22,23). The molecule has 39 heteroatoms. The number of carboxylic acid groups (broad SMARTS) is 1. The number of aromatic nitrogens is 2. The van der Waals surface area contributed by atoms with Gasteiger partial charge in [-0.2, -0.15) is 10.1 Å². The van der Waals surface area contributed by atoms with Gasteiger partial charge in [-0.25, -0.2) is 17.6 Å². The number of amidine groups is 1. The largest absolute Gasteiger partial charge is 0.480 e. The molecule has 9 heterocycles. The van der Waals surface area contributed by atoms with Crippen LogP contribution in [0.2, 0.25) is 0 Å². The summed E-state index contributed by atoms with van der Waals surface area (Å²) in [6.45, 7) is 10.1. The number of hydrogen-bond acceptors (Lipinski definition) is 25. The second kappa shape index (κ2) is 44.7. The van der Waals surface area contributed by atoms with Gasteiger partial charge in [0.15, 0.2) is 5.82 Å². The number of anilines is 8. The lowest BCUT2D eigenvalue weighted by Crippen LogP contribution is -2.54. The first-order valence-electron chi connectivity index (χ1n) is 45.9. The van der Waals surface area contributed by atoms with Crippen molar-refractivity contribution in [2.75, 3.05) is 160 Å². The fourth-order valence-electron chi connectivity index (χ4n) is 18.0. The van der Waals surface area contributed by atoms with Gasteiger partial charge in [-0.3, -0.25) is 92.9 Å². The molecule has 9 aromatic rings. The van der Waals surface area contributed by atoms with E-state index in [1.54, 1.807) is 66.7 Å². The van der Waals surface area contributed by atoms with E-state index in [1.165, 1.54) is 24.3 Å². The number of carbonyl (C=O) groups excluding carboxylic acids is 11. The summed E-state index contributed by atoms with van der Waals surface area (Å²) in [4.78, 5) is 166. The van der Waals surface area contributed by atoms with Gasteiger partial charge < -0.3 is 73.5 Å². The van der Waals surface area contributed by atoms with Crippen LogP contribution in [0.1, 0.15) is 167 Å². The second-order valence-corrected chi connectivity index (χ2v) is 34.7. The average Bonchev–Trinajstić information content (AvgIpc) is 1.60. The maximum Gasteiger partial charge on any atom is 0.317 e. The molecule has 8 aliphatic rings. The number of nitrogen functional groups attached to an aromatic ring is 1. The number of fused-ring (bicyclic) bond motifs is 3. The van der Waals surface area contributed by atoms with Crippen molar-refractivity contribution >= 4 is 133 Å². The van der Waals surface area contributed by atoms with Crippen molar-refractivity contribution in [3.8, 4) is 0 Å². The molecule has 0 aliphatic carbocycles. The number of amides is 11. The number of piperidine rings is 2. The van der Waals surface area contributed by atoms with Gasteiger partial charge in [0, 0.05) is 186 Å². The van der Waals surface area contributed by atoms with E-state index in [1.807, 2.05) is 47.4 Å². The first-order valence-corrected chi connectivity index (χ1v) is 45.9. The van der Waals surface area contributed by atoms with Gasteiger partial charge in [0.05, 0.1) is 52.0 Å². The van der Waals surface area contributed by atoms with Crippen LogP contribution in [0.4, 0.5) is 63.2 Å². The van der Waals surface area contributed by atoms with Crippen molar-refractivity contribution in [3.05, 3.63) is 230 Å². The first-order chi connectivity index (χ1) is 66.1. The SMILES string of the molecule is NC(=NC(=O)c1ccc(N2CCN(CC(=O)NCCCCNc3cccc4c3C(=O)N(C3CCC(=O)NC3=O)C4=O)CC2)cc1NC1CCOCC1)c1cc(Cc2cc(F)cc(F)c2)ccc1N.NCCCCNc1cccc2c1C(=O)N(C1CCC(=O)NC1=O)C2=O.O=C(O)CN1CCN(c2ccc(C(=O)Nc3n[nH]c4ccc(Cc5cc(F)cc(F)c5)cc34)c(NC3CCOCC3)c2)CC1. The van der Waals surface area contributed by atoms with Crippen LogP contribution >= 0.6 is 0 Å². The highest BCUT2D eigenvalue weighted by Crippen LogP contribution is 2.37. The Morgan fingerprint density at radius 1 is 0.496 bits per heavy atom. The number of hydrogen-bond donors (Lipinski definition) is 13. The van der Waals surface area contributed by atoms with Gasteiger partial charge in [0.2, 0.25) is 29.5 Å². The van der Waals surface area contributed by atoms with E-state index in [4.69, 9.17) is 31.8 Å². The molecule has 2 unspecified atom stereocenters. The number of ether oxygens (including phenoxy) is 2. The topological polar surface area (TPSA) is 478 Å². The van der Waals surface area contributed by atoms with E-state index in [0.717, 1.165) is 77.4 Å².